The summed E-state index contributed by atoms with van der Waals surface area (Å²) >= 11 is 0. The number of aliphatic carboxylic acids is 1. The average Bonchev–Trinajstić information content (AvgIpc) is 2.40. The van der Waals surface area contributed by atoms with Crippen LogP contribution in [0, 0.1) is 0 Å². The maximum absolute atomic E-state index is 10.9. The second kappa shape index (κ2) is 7.92. The van der Waals surface area contributed by atoms with Crippen LogP contribution >= 0.6 is 0 Å². The van der Waals surface area contributed by atoms with E-state index in [9.17, 15) is 9.90 Å². The number of aliphatic hydroxyl groups is 1. The first-order chi connectivity index (χ1) is 9.08. The summed E-state index contributed by atoms with van der Waals surface area (Å²) in [6.45, 7) is 4.18. The zero-order valence-corrected chi connectivity index (χ0v) is 11.6. The Hall–Kier alpha value is -1.39. The van der Waals surface area contributed by atoms with Crippen molar-refractivity contribution in [3.8, 4) is 0 Å². The molecule has 4 heteroatoms. The van der Waals surface area contributed by atoms with Crippen LogP contribution in [-0.4, -0.2) is 28.8 Å². The van der Waals surface area contributed by atoms with Crippen molar-refractivity contribution >= 4 is 5.97 Å². The lowest BCUT2D eigenvalue weighted by atomic mass is 10.0. The van der Waals surface area contributed by atoms with Gasteiger partial charge in [0.2, 0.25) is 0 Å². The smallest absolute Gasteiger partial charge is 0.320 e. The number of aliphatic hydroxyl groups excluding tert-OH is 1. The van der Waals surface area contributed by atoms with Crippen molar-refractivity contribution < 1.29 is 15.0 Å². The molecule has 1 rings (SSSR count). The zero-order chi connectivity index (χ0) is 14.3. The highest BCUT2D eigenvalue weighted by molar-refractivity contribution is 5.73. The fourth-order valence-corrected chi connectivity index (χ4v) is 1.97. The van der Waals surface area contributed by atoms with Crippen molar-refractivity contribution in [2.45, 2.75) is 45.3 Å². The molecule has 0 saturated heterocycles. The van der Waals surface area contributed by atoms with Crippen LogP contribution in [0.1, 0.15) is 43.9 Å². The predicted octanol–water partition coefficient (Wildman–Crippen LogP) is 2.13. The molecule has 0 amide bonds. The number of carboxylic acid groups (broad SMARTS) is 1. The van der Waals surface area contributed by atoms with Crippen molar-refractivity contribution in [1.29, 1.82) is 0 Å². The van der Waals surface area contributed by atoms with Gasteiger partial charge in [-0.1, -0.05) is 44.5 Å². The highest BCUT2D eigenvalue weighted by atomic mass is 16.4. The molecule has 0 heterocycles. The summed E-state index contributed by atoms with van der Waals surface area (Å²) in [4.78, 5) is 10.9. The molecule has 0 aliphatic heterocycles. The third kappa shape index (κ3) is 5.01. The number of nitrogens with one attached hydrogen (secondary N) is 1. The van der Waals surface area contributed by atoms with Crippen molar-refractivity contribution in [2.24, 2.45) is 0 Å². The normalized spacial score (nSPS) is 14.1. The number of carbonyl (C=O) groups is 1. The molecule has 4 nitrogen and oxygen atoms in total. The van der Waals surface area contributed by atoms with Crippen LogP contribution in [0.15, 0.2) is 24.3 Å². The largest absolute Gasteiger partial charge is 0.480 e. The molecular weight excluding hydrogens is 242 g/mol. The van der Waals surface area contributed by atoms with E-state index >= 15 is 0 Å². The Morgan fingerprint density at radius 2 is 1.89 bits per heavy atom. The third-order valence-corrected chi connectivity index (χ3v) is 3.17. The lowest BCUT2D eigenvalue weighted by molar-refractivity contribution is -0.139. The Balaban J connectivity index is 2.53. The minimum absolute atomic E-state index is 0.248. The summed E-state index contributed by atoms with van der Waals surface area (Å²) in [6.07, 6.45) is 1.95. The summed E-state index contributed by atoms with van der Waals surface area (Å²) in [6, 6.07) is 7.22. The molecule has 3 N–H and O–H groups in total. The first kappa shape index (κ1) is 15.7. The summed E-state index contributed by atoms with van der Waals surface area (Å²) < 4.78 is 0. The topological polar surface area (TPSA) is 69.6 Å². The van der Waals surface area contributed by atoms with Crippen LogP contribution in [0.25, 0.3) is 0 Å². The molecule has 2 unspecified atom stereocenters. The summed E-state index contributed by atoms with van der Waals surface area (Å²) in [5.41, 5.74) is 2.07. The van der Waals surface area contributed by atoms with Gasteiger partial charge in [0.25, 0.3) is 0 Å². The minimum atomic E-state index is -0.881. The molecule has 0 aromatic heterocycles. The Labute approximate surface area is 114 Å². The van der Waals surface area contributed by atoms with E-state index in [1.165, 1.54) is 5.56 Å². The fourth-order valence-electron chi connectivity index (χ4n) is 1.97. The Morgan fingerprint density at radius 3 is 2.37 bits per heavy atom. The number of benzene rings is 1. The summed E-state index contributed by atoms with van der Waals surface area (Å²) in [7, 11) is 0. The number of aryl methyl sites for hydroxylation is 1. The lowest BCUT2D eigenvalue weighted by Crippen LogP contribution is -2.38. The van der Waals surface area contributed by atoms with Crippen molar-refractivity contribution in [2.75, 3.05) is 6.54 Å². The van der Waals surface area contributed by atoms with Crippen molar-refractivity contribution in [3.63, 3.8) is 0 Å². The molecule has 0 aliphatic rings. The Bertz CT molecular complexity index is 389. The minimum Gasteiger partial charge on any atom is -0.480 e. The van der Waals surface area contributed by atoms with Crippen molar-refractivity contribution in [1.82, 2.24) is 5.32 Å². The molecule has 0 aliphatic carbocycles. The zero-order valence-electron chi connectivity index (χ0n) is 11.6. The fraction of sp³-hybridized carbons (Fsp3) is 0.533. The van der Waals surface area contributed by atoms with Gasteiger partial charge in [-0.05, 0) is 24.0 Å². The number of hydrogen-bond donors (Lipinski definition) is 3. The number of rotatable bonds is 8. The van der Waals surface area contributed by atoms with Gasteiger partial charge in [0, 0.05) is 6.54 Å². The quantitative estimate of drug-likeness (QED) is 0.673. The van der Waals surface area contributed by atoms with Gasteiger partial charge >= 0.3 is 5.97 Å². The van der Waals surface area contributed by atoms with E-state index in [1.54, 1.807) is 6.92 Å². The molecule has 1 aromatic carbocycles. The van der Waals surface area contributed by atoms with Gasteiger partial charge in [0.05, 0.1) is 6.10 Å². The first-order valence-corrected chi connectivity index (χ1v) is 6.81. The van der Waals surface area contributed by atoms with Gasteiger partial charge in [-0.15, -0.1) is 0 Å². The van der Waals surface area contributed by atoms with E-state index in [0.29, 0.717) is 6.42 Å². The van der Waals surface area contributed by atoms with E-state index in [2.05, 4.69) is 12.2 Å². The van der Waals surface area contributed by atoms with Crippen LogP contribution in [0.5, 0.6) is 0 Å². The molecule has 0 bridgehead atoms. The maximum Gasteiger partial charge on any atom is 0.320 e. The van der Waals surface area contributed by atoms with Gasteiger partial charge in [-0.3, -0.25) is 4.79 Å². The molecule has 19 heavy (non-hydrogen) atoms. The standard InChI is InChI=1S/C15H23NO3/c1-3-5-11-6-8-12(9-7-11)14(17)10-16-13(4-2)15(18)19/h6-9,13-14,16-17H,3-5,10H2,1-2H3,(H,18,19). The van der Waals surface area contributed by atoms with Gasteiger partial charge in [-0.2, -0.15) is 0 Å². The monoisotopic (exact) mass is 265 g/mol. The summed E-state index contributed by atoms with van der Waals surface area (Å²) in [5, 5.41) is 21.8. The second-order valence-electron chi connectivity index (χ2n) is 4.71. The second-order valence-corrected chi connectivity index (χ2v) is 4.71. The van der Waals surface area contributed by atoms with Crippen LogP contribution in [0.4, 0.5) is 0 Å². The van der Waals surface area contributed by atoms with E-state index in [-0.39, 0.29) is 6.54 Å². The highest BCUT2D eigenvalue weighted by Gasteiger charge is 2.16. The molecule has 2 atom stereocenters. The van der Waals surface area contributed by atoms with E-state index < -0.39 is 18.1 Å². The van der Waals surface area contributed by atoms with Crippen LogP contribution in [-0.2, 0) is 11.2 Å². The third-order valence-electron chi connectivity index (χ3n) is 3.17. The lowest BCUT2D eigenvalue weighted by Gasteiger charge is -2.16. The van der Waals surface area contributed by atoms with Crippen LogP contribution in [0.2, 0.25) is 0 Å². The molecule has 106 valence electrons. The first-order valence-electron chi connectivity index (χ1n) is 6.81. The Morgan fingerprint density at radius 1 is 1.26 bits per heavy atom. The number of hydrogen-bond acceptors (Lipinski definition) is 3. The van der Waals surface area contributed by atoms with Crippen molar-refractivity contribution in [3.05, 3.63) is 35.4 Å². The van der Waals surface area contributed by atoms with E-state index in [0.717, 1.165) is 18.4 Å². The van der Waals surface area contributed by atoms with Gasteiger partial charge in [-0.25, -0.2) is 0 Å². The summed E-state index contributed by atoms with van der Waals surface area (Å²) in [5.74, 6) is -0.881. The van der Waals surface area contributed by atoms with E-state index in [4.69, 9.17) is 5.11 Å². The molecule has 0 spiro atoms. The van der Waals surface area contributed by atoms with Crippen LogP contribution < -0.4 is 5.32 Å². The molecule has 0 radical (unpaired) electrons. The molecule has 1 aromatic rings. The Kier molecular flexibility index (Phi) is 6.53. The molecule has 0 fully saturated rings. The highest BCUT2D eigenvalue weighted by Crippen LogP contribution is 2.14. The van der Waals surface area contributed by atoms with Gasteiger partial charge in [0.15, 0.2) is 0 Å². The predicted molar refractivity (Wildman–Crippen MR) is 75.1 cm³/mol. The average molecular weight is 265 g/mol. The SMILES string of the molecule is CCCc1ccc(C(O)CNC(CC)C(=O)O)cc1. The van der Waals surface area contributed by atoms with E-state index in [1.807, 2.05) is 24.3 Å². The van der Waals surface area contributed by atoms with Crippen LogP contribution in [0.3, 0.4) is 0 Å². The molecular formula is C15H23NO3. The maximum atomic E-state index is 10.9. The van der Waals surface area contributed by atoms with Gasteiger partial charge in [0.1, 0.15) is 6.04 Å². The molecule has 0 saturated carbocycles. The van der Waals surface area contributed by atoms with Gasteiger partial charge < -0.3 is 15.5 Å². The number of carboxylic acids is 1.